The van der Waals surface area contributed by atoms with E-state index in [1.807, 2.05) is 6.92 Å². The summed E-state index contributed by atoms with van der Waals surface area (Å²) in [7, 11) is 0. The Labute approximate surface area is 122 Å². The largest absolute Gasteiger partial charge is 0.366 e. The maximum atomic E-state index is 12.4. The Hall–Kier alpha value is -1.59. The van der Waals surface area contributed by atoms with Gasteiger partial charge in [-0.3, -0.25) is 9.59 Å². The van der Waals surface area contributed by atoms with Gasteiger partial charge in [0, 0.05) is 5.69 Å². The van der Waals surface area contributed by atoms with Crippen LogP contribution in [0.25, 0.3) is 0 Å². The molecule has 1 atom stereocenters. The fourth-order valence-electron chi connectivity index (χ4n) is 2.51. The number of primary amides is 1. The van der Waals surface area contributed by atoms with Crippen molar-refractivity contribution >= 4 is 29.1 Å². The van der Waals surface area contributed by atoms with Crippen molar-refractivity contribution in [2.75, 3.05) is 11.9 Å². The number of hydrogen-bond acceptors (Lipinski definition) is 3. The molecule has 1 aliphatic rings. The highest BCUT2D eigenvalue weighted by atomic mass is 35.5. The number of anilines is 1. The number of nitrogens with one attached hydrogen (secondary N) is 2. The van der Waals surface area contributed by atoms with Crippen LogP contribution in [0.1, 0.15) is 36.5 Å². The van der Waals surface area contributed by atoms with Crippen molar-refractivity contribution in [3.05, 3.63) is 28.8 Å². The second-order valence-corrected chi connectivity index (χ2v) is 5.39. The molecule has 1 aromatic carbocycles. The summed E-state index contributed by atoms with van der Waals surface area (Å²) >= 11 is 5.97. The summed E-state index contributed by atoms with van der Waals surface area (Å²) in [4.78, 5) is 23.5. The molecule has 6 heteroatoms. The Bertz CT molecular complexity index is 539. The molecule has 1 saturated heterocycles. The number of hydrogen-bond donors (Lipinski definition) is 3. The summed E-state index contributed by atoms with van der Waals surface area (Å²) in [6.45, 7) is 2.84. The monoisotopic (exact) mass is 295 g/mol. The molecule has 1 aliphatic heterocycles. The molecule has 0 aromatic heterocycles. The Morgan fingerprint density at radius 1 is 1.50 bits per heavy atom. The van der Waals surface area contributed by atoms with E-state index in [-0.39, 0.29) is 16.5 Å². The lowest BCUT2D eigenvalue weighted by Gasteiger charge is -2.26. The third-order valence-corrected chi connectivity index (χ3v) is 4.09. The van der Waals surface area contributed by atoms with Crippen LogP contribution in [0.4, 0.5) is 5.69 Å². The number of carbonyl (C=O) groups excluding carboxylic acids is 2. The van der Waals surface area contributed by atoms with E-state index in [2.05, 4.69) is 10.6 Å². The fourth-order valence-corrected chi connectivity index (χ4v) is 2.78. The fraction of sp³-hybridized carbons (Fsp3) is 0.429. The molecule has 20 heavy (non-hydrogen) atoms. The third-order valence-electron chi connectivity index (χ3n) is 3.77. The first-order chi connectivity index (χ1) is 9.48. The van der Waals surface area contributed by atoms with E-state index in [0.29, 0.717) is 5.69 Å². The van der Waals surface area contributed by atoms with E-state index in [1.54, 1.807) is 6.07 Å². The molecule has 0 saturated carbocycles. The lowest BCUT2D eigenvalue weighted by molar-refractivity contribution is -0.122. The van der Waals surface area contributed by atoms with Crippen LogP contribution in [-0.2, 0) is 4.79 Å². The van der Waals surface area contributed by atoms with Crippen molar-refractivity contribution in [2.45, 2.75) is 31.7 Å². The number of rotatable bonds is 4. The van der Waals surface area contributed by atoms with Crippen LogP contribution in [0, 0.1) is 0 Å². The molecule has 4 N–H and O–H groups in total. The van der Waals surface area contributed by atoms with E-state index in [1.165, 1.54) is 12.1 Å². The molecular formula is C14H18ClN3O2. The summed E-state index contributed by atoms with van der Waals surface area (Å²) in [6, 6.07) is 4.68. The number of nitrogens with two attached hydrogens (primary N) is 1. The Kier molecular flexibility index (Phi) is 4.30. The topological polar surface area (TPSA) is 84.2 Å². The summed E-state index contributed by atoms with van der Waals surface area (Å²) in [5.74, 6) is -0.657. The summed E-state index contributed by atoms with van der Waals surface area (Å²) in [6.07, 6.45) is 2.54. The highest BCUT2D eigenvalue weighted by Gasteiger charge is 2.39. The molecule has 0 aliphatic carbocycles. The summed E-state index contributed by atoms with van der Waals surface area (Å²) in [5, 5.41) is 6.35. The molecule has 108 valence electrons. The van der Waals surface area contributed by atoms with Gasteiger partial charge < -0.3 is 16.4 Å². The van der Waals surface area contributed by atoms with Crippen molar-refractivity contribution in [2.24, 2.45) is 5.73 Å². The predicted molar refractivity (Wildman–Crippen MR) is 78.9 cm³/mol. The number of halogens is 1. The zero-order valence-corrected chi connectivity index (χ0v) is 12.1. The lowest BCUT2D eigenvalue weighted by Crippen LogP contribution is -2.50. The van der Waals surface area contributed by atoms with Gasteiger partial charge in [-0.2, -0.15) is 0 Å². The molecule has 1 fully saturated rings. The van der Waals surface area contributed by atoms with Crippen LogP contribution >= 0.6 is 11.6 Å². The predicted octanol–water partition coefficient (Wildman–Crippen LogP) is 1.91. The van der Waals surface area contributed by atoms with E-state index < -0.39 is 11.4 Å². The Morgan fingerprint density at radius 2 is 2.25 bits per heavy atom. The molecule has 0 spiro atoms. The van der Waals surface area contributed by atoms with Crippen molar-refractivity contribution in [1.82, 2.24) is 5.32 Å². The van der Waals surface area contributed by atoms with Crippen LogP contribution in [-0.4, -0.2) is 23.9 Å². The maximum Gasteiger partial charge on any atom is 0.250 e. The van der Waals surface area contributed by atoms with Gasteiger partial charge in [0.05, 0.1) is 16.1 Å². The zero-order chi connectivity index (χ0) is 14.8. The van der Waals surface area contributed by atoms with Crippen LogP contribution < -0.4 is 16.4 Å². The molecule has 5 nitrogen and oxygen atoms in total. The van der Waals surface area contributed by atoms with E-state index in [9.17, 15) is 9.59 Å². The van der Waals surface area contributed by atoms with Crippen molar-refractivity contribution in [1.29, 1.82) is 0 Å². The molecular weight excluding hydrogens is 278 g/mol. The minimum absolute atomic E-state index is 0.0691. The number of amides is 2. The molecule has 2 amide bonds. The SMILES string of the molecule is CCC1(C(=O)Nc2ccc(C(N)=O)c(Cl)c2)CCCN1. The first kappa shape index (κ1) is 14.8. The van der Waals surface area contributed by atoms with Gasteiger partial charge in [-0.1, -0.05) is 18.5 Å². The second-order valence-electron chi connectivity index (χ2n) is 4.98. The van der Waals surface area contributed by atoms with Gasteiger partial charge in [-0.25, -0.2) is 0 Å². The Morgan fingerprint density at radius 3 is 2.75 bits per heavy atom. The maximum absolute atomic E-state index is 12.4. The van der Waals surface area contributed by atoms with Crippen LogP contribution in [0.15, 0.2) is 18.2 Å². The van der Waals surface area contributed by atoms with Gasteiger partial charge in [0.15, 0.2) is 0 Å². The van der Waals surface area contributed by atoms with E-state index >= 15 is 0 Å². The second kappa shape index (κ2) is 5.81. The van der Waals surface area contributed by atoms with Gasteiger partial charge in [0.1, 0.15) is 0 Å². The van der Waals surface area contributed by atoms with Gasteiger partial charge in [0.25, 0.3) is 0 Å². The average molecular weight is 296 g/mol. The van der Waals surface area contributed by atoms with E-state index in [4.69, 9.17) is 17.3 Å². The van der Waals surface area contributed by atoms with Crippen LogP contribution in [0.2, 0.25) is 5.02 Å². The smallest absolute Gasteiger partial charge is 0.250 e. The molecule has 1 unspecified atom stereocenters. The number of carbonyl (C=O) groups is 2. The molecule has 1 heterocycles. The minimum atomic E-state index is -0.588. The van der Waals surface area contributed by atoms with Gasteiger partial charge in [0.2, 0.25) is 11.8 Å². The standard InChI is InChI=1S/C14H18ClN3O2/c1-2-14(6-3-7-17-14)13(20)18-9-4-5-10(12(16)19)11(15)8-9/h4-5,8,17H,2-3,6-7H2,1H3,(H2,16,19)(H,18,20). The van der Waals surface area contributed by atoms with Crippen molar-refractivity contribution < 1.29 is 9.59 Å². The first-order valence-corrected chi connectivity index (χ1v) is 7.02. The summed E-state index contributed by atoms with van der Waals surface area (Å²) in [5.41, 5.74) is 5.49. The summed E-state index contributed by atoms with van der Waals surface area (Å²) < 4.78 is 0. The number of benzene rings is 1. The van der Waals surface area contributed by atoms with Crippen molar-refractivity contribution in [3.63, 3.8) is 0 Å². The van der Waals surface area contributed by atoms with Crippen molar-refractivity contribution in [3.8, 4) is 0 Å². The Balaban J connectivity index is 2.16. The normalized spacial score (nSPS) is 21.7. The van der Waals surface area contributed by atoms with Crippen LogP contribution in [0.3, 0.4) is 0 Å². The molecule has 2 rings (SSSR count). The molecule has 0 radical (unpaired) electrons. The van der Waals surface area contributed by atoms with Gasteiger partial charge >= 0.3 is 0 Å². The third kappa shape index (κ3) is 2.78. The van der Waals surface area contributed by atoms with Gasteiger partial charge in [-0.05, 0) is 44.0 Å². The van der Waals surface area contributed by atoms with Crippen LogP contribution in [0.5, 0.6) is 0 Å². The first-order valence-electron chi connectivity index (χ1n) is 6.64. The minimum Gasteiger partial charge on any atom is -0.366 e. The van der Waals surface area contributed by atoms with E-state index in [0.717, 1.165) is 25.8 Å². The van der Waals surface area contributed by atoms with Gasteiger partial charge in [-0.15, -0.1) is 0 Å². The zero-order valence-electron chi connectivity index (χ0n) is 11.3. The highest BCUT2D eigenvalue weighted by Crippen LogP contribution is 2.26. The quantitative estimate of drug-likeness (QED) is 0.793. The average Bonchev–Trinajstić information content (AvgIpc) is 2.88. The highest BCUT2D eigenvalue weighted by molar-refractivity contribution is 6.34. The lowest BCUT2D eigenvalue weighted by atomic mass is 9.93. The molecule has 0 bridgehead atoms. The molecule has 1 aromatic rings.